The SMILES string of the molecule is COc1ccc([C@@H](NC(=O)COc2cccc(Br)c2)C(C)C)cc1. The summed E-state index contributed by atoms with van der Waals surface area (Å²) in [5.74, 6) is 1.56. The second kappa shape index (κ2) is 8.73. The van der Waals surface area contributed by atoms with Crippen LogP contribution in [0.25, 0.3) is 0 Å². The van der Waals surface area contributed by atoms with E-state index in [1.807, 2.05) is 48.5 Å². The maximum absolute atomic E-state index is 12.2. The third kappa shape index (κ3) is 5.27. The summed E-state index contributed by atoms with van der Waals surface area (Å²) in [6, 6.07) is 15.1. The van der Waals surface area contributed by atoms with Crippen LogP contribution in [0, 0.1) is 5.92 Å². The Morgan fingerprint density at radius 3 is 2.42 bits per heavy atom. The van der Waals surface area contributed by atoms with Gasteiger partial charge in [0.15, 0.2) is 6.61 Å². The van der Waals surface area contributed by atoms with Gasteiger partial charge in [-0.15, -0.1) is 0 Å². The van der Waals surface area contributed by atoms with E-state index in [1.165, 1.54) is 0 Å². The summed E-state index contributed by atoms with van der Waals surface area (Å²) < 4.78 is 11.6. The molecule has 128 valence electrons. The lowest BCUT2D eigenvalue weighted by Gasteiger charge is -2.23. The average Bonchev–Trinajstić information content (AvgIpc) is 2.58. The Kier molecular flexibility index (Phi) is 6.67. The molecule has 0 saturated carbocycles. The van der Waals surface area contributed by atoms with Gasteiger partial charge in [-0.3, -0.25) is 4.79 Å². The Morgan fingerprint density at radius 1 is 1.12 bits per heavy atom. The van der Waals surface area contributed by atoms with Crippen LogP contribution < -0.4 is 14.8 Å². The van der Waals surface area contributed by atoms with Crippen LogP contribution in [-0.2, 0) is 4.79 Å². The van der Waals surface area contributed by atoms with E-state index in [2.05, 4.69) is 35.1 Å². The van der Waals surface area contributed by atoms with E-state index in [9.17, 15) is 4.79 Å². The van der Waals surface area contributed by atoms with Gasteiger partial charge in [-0.25, -0.2) is 0 Å². The fourth-order valence-electron chi connectivity index (χ4n) is 2.37. The second-order valence-corrected chi connectivity index (χ2v) is 6.72. The fourth-order valence-corrected chi connectivity index (χ4v) is 2.75. The van der Waals surface area contributed by atoms with Crippen molar-refractivity contribution < 1.29 is 14.3 Å². The molecule has 0 spiro atoms. The summed E-state index contributed by atoms with van der Waals surface area (Å²) in [6.45, 7) is 4.13. The molecule has 0 saturated heterocycles. The standard InChI is InChI=1S/C19H22BrNO3/c1-13(2)19(14-7-9-16(23-3)10-8-14)21-18(22)12-24-17-6-4-5-15(20)11-17/h4-11,13,19H,12H2,1-3H3,(H,21,22)/t19-/m0/s1. The molecule has 0 aliphatic rings. The summed E-state index contributed by atoms with van der Waals surface area (Å²) in [5, 5.41) is 3.04. The quantitative estimate of drug-likeness (QED) is 0.762. The molecule has 1 N–H and O–H groups in total. The Balaban J connectivity index is 1.97. The van der Waals surface area contributed by atoms with Crippen LogP contribution in [0.2, 0.25) is 0 Å². The normalized spacial score (nSPS) is 11.9. The third-order valence-electron chi connectivity index (χ3n) is 3.62. The first-order valence-corrected chi connectivity index (χ1v) is 8.60. The van der Waals surface area contributed by atoms with Crippen molar-refractivity contribution in [3.05, 3.63) is 58.6 Å². The number of nitrogens with one attached hydrogen (secondary N) is 1. The second-order valence-electron chi connectivity index (χ2n) is 5.81. The van der Waals surface area contributed by atoms with E-state index >= 15 is 0 Å². The van der Waals surface area contributed by atoms with Crippen LogP contribution in [-0.4, -0.2) is 19.6 Å². The van der Waals surface area contributed by atoms with Crippen molar-refractivity contribution >= 4 is 21.8 Å². The number of carbonyl (C=O) groups is 1. The Bertz CT molecular complexity index is 671. The first-order valence-electron chi connectivity index (χ1n) is 7.81. The molecule has 0 aromatic heterocycles. The molecular weight excluding hydrogens is 370 g/mol. The van der Waals surface area contributed by atoms with Crippen LogP contribution >= 0.6 is 15.9 Å². The first-order chi connectivity index (χ1) is 11.5. The van der Waals surface area contributed by atoms with Gasteiger partial charge >= 0.3 is 0 Å². The number of ether oxygens (including phenoxy) is 2. The van der Waals surface area contributed by atoms with Crippen molar-refractivity contribution in [2.24, 2.45) is 5.92 Å². The highest BCUT2D eigenvalue weighted by atomic mass is 79.9. The number of amides is 1. The van der Waals surface area contributed by atoms with Gasteiger partial charge in [0.25, 0.3) is 5.91 Å². The Morgan fingerprint density at radius 2 is 1.83 bits per heavy atom. The molecule has 4 nitrogen and oxygen atoms in total. The van der Waals surface area contributed by atoms with Gasteiger partial charge in [0.1, 0.15) is 11.5 Å². The maximum Gasteiger partial charge on any atom is 0.258 e. The van der Waals surface area contributed by atoms with Crippen LogP contribution in [0.3, 0.4) is 0 Å². The van der Waals surface area contributed by atoms with Gasteiger partial charge in [-0.1, -0.05) is 48.0 Å². The zero-order valence-corrected chi connectivity index (χ0v) is 15.7. The zero-order chi connectivity index (χ0) is 17.5. The van der Waals surface area contributed by atoms with Crippen molar-refractivity contribution in [3.8, 4) is 11.5 Å². The van der Waals surface area contributed by atoms with Crippen molar-refractivity contribution in [3.63, 3.8) is 0 Å². The van der Waals surface area contributed by atoms with Gasteiger partial charge in [0, 0.05) is 4.47 Å². The molecule has 2 aromatic carbocycles. The van der Waals surface area contributed by atoms with E-state index in [1.54, 1.807) is 7.11 Å². The Labute approximate surface area is 151 Å². The summed E-state index contributed by atoms with van der Waals surface area (Å²) >= 11 is 3.38. The van der Waals surface area contributed by atoms with Crippen LogP contribution in [0.15, 0.2) is 53.0 Å². The minimum absolute atomic E-state index is 0.0180. The number of hydrogen-bond acceptors (Lipinski definition) is 3. The van der Waals surface area contributed by atoms with Crippen molar-refractivity contribution in [2.45, 2.75) is 19.9 Å². The molecule has 0 radical (unpaired) electrons. The number of halogens is 1. The first kappa shape index (κ1) is 18.3. The van der Waals surface area contributed by atoms with Crippen molar-refractivity contribution in [1.82, 2.24) is 5.32 Å². The van der Waals surface area contributed by atoms with Gasteiger partial charge in [0.2, 0.25) is 0 Å². The van der Waals surface area contributed by atoms with Crippen LogP contribution in [0.1, 0.15) is 25.5 Å². The number of carbonyl (C=O) groups excluding carboxylic acids is 1. The van der Waals surface area contributed by atoms with Gasteiger partial charge in [-0.2, -0.15) is 0 Å². The third-order valence-corrected chi connectivity index (χ3v) is 4.12. The summed E-state index contributed by atoms with van der Waals surface area (Å²) in [5.41, 5.74) is 1.04. The highest BCUT2D eigenvalue weighted by Crippen LogP contribution is 2.24. The summed E-state index contributed by atoms with van der Waals surface area (Å²) in [4.78, 5) is 12.2. The molecule has 0 unspecified atom stereocenters. The lowest BCUT2D eigenvalue weighted by atomic mass is 9.96. The Hall–Kier alpha value is -2.01. The maximum atomic E-state index is 12.2. The van der Waals surface area contributed by atoms with E-state index in [0.29, 0.717) is 5.75 Å². The molecule has 2 aromatic rings. The largest absolute Gasteiger partial charge is 0.497 e. The molecule has 0 aliphatic heterocycles. The molecule has 0 heterocycles. The van der Waals surface area contributed by atoms with Gasteiger partial charge < -0.3 is 14.8 Å². The highest BCUT2D eigenvalue weighted by molar-refractivity contribution is 9.10. The van der Waals surface area contributed by atoms with Crippen molar-refractivity contribution in [2.75, 3.05) is 13.7 Å². The lowest BCUT2D eigenvalue weighted by Crippen LogP contribution is -2.35. The molecule has 0 aliphatic carbocycles. The van der Waals surface area contributed by atoms with E-state index in [0.717, 1.165) is 15.8 Å². The number of benzene rings is 2. The smallest absolute Gasteiger partial charge is 0.258 e. The minimum atomic E-state index is -0.149. The summed E-state index contributed by atoms with van der Waals surface area (Å²) in [6.07, 6.45) is 0. The molecule has 0 bridgehead atoms. The summed E-state index contributed by atoms with van der Waals surface area (Å²) in [7, 11) is 1.63. The topological polar surface area (TPSA) is 47.6 Å². The fraction of sp³-hybridized carbons (Fsp3) is 0.316. The van der Waals surface area contributed by atoms with Crippen molar-refractivity contribution in [1.29, 1.82) is 0 Å². The highest BCUT2D eigenvalue weighted by Gasteiger charge is 2.18. The molecule has 1 atom stereocenters. The van der Waals surface area contributed by atoms with Crippen LogP contribution in [0.5, 0.6) is 11.5 Å². The molecule has 24 heavy (non-hydrogen) atoms. The lowest BCUT2D eigenvalue weighted by molar-refractivity contribution is -0.124. The molecule has 0 fully saturated rings. The predicted molar refractivity (Wildman–Crippen MR) is 98.4 cm³/mol. The van der Waals surface area contributed by atoms with E-state index in [4.69, 9.17) is 9.47 Å². The predicted octanol–water partition coefficient (Wildman–Crippen LogP) is 4.35. The molecular formula is C19H22BrNO3. The minimum Gasteiger partial charge on any atom is -0.497 e. The van der Waals surface area contributed by atoms with Crippen LogP contribution in [0.4, 0.5) is 0 Å². The molecule has 2 rings (SSSR count). The van der Waals surface area contributed by atoms with Gasteiger partial charge in [0.05, 0.1) is 13.2 Å². The number of hydrogen-bond donors (Lipinski definition) is 1. The molecule has 1 amide bonds. The number of rotatable bonds is 7. The molecule has 5 heteroatoms. The monoisotopic (exact) mass is 391 g/mol. The van der Waals surface area contributed by atoms with E-state index in [-0.39, 0.29) is 24.5 Å². The zero-order valence-electron chi connectivity index (χ0n) is 14.1. The van der Waals surface area contributed by atoms with Gasteiger partial charge in [-0.05, 0) is 41.8 Å². The van der Waals surface area contributed by atoms with E-state index < -0.39 is 0 Å². The number of methoxy groups -OCH3 is 1. The average molecular weight is 392 g/mol.